The molecule has 1 aromatic rings. The highest BCUT2D eigenvalue weighted by atomic mass is 16.1. The zero-order valence-corrected chi connectivity index (χ0v) is 20.4. The molecule has 0 aliphatic heterocycles. The number of hydrogen-bond donors (Lipinski definition) is 2. The van der Waals surface area contributed by atoms with E-state index in [-0.39, 0.29) is 5.91 Å². The smallest absolute Gasteiger partial charge is 0.221 e. The Balaban J connectivity index is 1.85. The molecule has 2 aliphatic rings. The molecular weight excluding hydrogens is 380 g/mol. The van der Waals surface area contributed by atoms with Crippen molar-refractivity contribution in [3.63, 3.8) is 0 Å². The lowest BCUT2D eigenvalue weighted by Gasteiger charge is -2.47. The van der Waals surface area contributed by atoms with Gasteiger partial charge in [0.1, 0.15) is 0 Å². The van der Waals surface area contributed by atoms with E-state index in [0.717, 1.165) is 12.1 Å². The predicted octanol–water partition coefficient (Wildman–Crippen LogP) is 5.97. The fourth-order valence-electron chi connectivity index (χ4n) is 5.81. The number of fused-ring (bicyclic) bond motifs is 3. The molecule has 2 unspecified atom stereocenters. The highest BCUT2D eigenvalue weighted by Crippen LogP contribution is 2.53. The van der Waals surface area contributed by atoms with Crippen LogP contribution in [0.3, 0.4) is 0 Å². The van der Waals surface area contributed by atoms with Crippen molar-refractivity contribution < 1.29 is 4.79 Å². The van der Waals surface area contributed by atoms with Crippen LogP contribution >= 0.6 is 0 Å². The summed E-state index contributed by atoms with van der Waals surface area (Å²) in [6.45, 7) is 14.4. The van der Waals surface area contributed by atoms with Crippen LogP contribution in [0.5, 0.6) is 0 Å². The summed E-state index contributed by atoms with van der Waals surface area (Å²) in [6, 6.07) is 4.96. The number of carbonyl (C=O) groups is 1. The maximum Gasteiger partial charge on any atom is 0.221 e. The fraction of sp³-hybridized carbons (Fsp3) is 0.607. The summed E-state index contributed by atoms with van der Waals surface area (Å²) >= 11 is 0. The maximum absolute atomic E-state index is 11.5. The molecule has 0 saturated heterocycles. The Morgan fingerprint density at radius 1 is 1.26 bits per heavy atom. The number of unbranched alkanes of at least 4 members (excludes halogenated alkanes) is 2. The molecule has 170 valence electrons. The zero-order chi connectivity index (χ0) is 22.6. The van der Waals surface area contributed by atoms with E-state index in [1.165, 1.54) is 55.2 Å². The molecule has 0 heterocycles. The van der Waals surface area contributed by atoms with E-state index in [9.17, 15) is 4.79 Å². The van der Waals surface area contributed by atoms with Crippen molar-refractivity contribution in [2.45, 2.75) is 85.0 Å². The molecule has 2 aliphatic carbocycles. The van der Waals surface area contributed by atoms with E-state index in [1.54, 1.807) is 18.2 Å². The number of carbonyl (C=O) groups excluding carboxylic acids is 1. The normalized spacial score (nSPS) is 21.5. The van der Waals surface area contributed by atoms with Gasteiger partial charge in [0, 0.05) is 31.6 Å². The van der Waals surface area contributed by atoms with Gasteiger partial charge in [-0.2, -0.15) is 0 Å². The molecule has 3 nitrogen and oxygen atoms in total. The molecule has 0 radical (unpaired) electrons. The molecule has 3 heteroatoms. The van der Waals surface area contributed by atoms with Gasteiger partial charge in [-0.05, 0) is 78.2 Å². The minimum atomic E-state index is 0.0614. The first kappa shape index (κ1) is 23.6. The third-order valence-corrected chi connectivity index (χ3v) is 7.48. The Hall–Kier alpha value is -2.03. The van der Waals surface area contributed by atoms with Crippen molar-refractivity contribution in [3.8, 4) is 0 Å². The summed E-state index contributed by atoms with van der Waals surface area (Å²) in [5.41, 5.74) is 8.73. The van der Waals surface area contributed by atoms with Crippen molar-refractivity contribution >= 4 is 5.91 Å². The summed E-state index contributed by atoms with van der Waals surface area (Å²) in [6.07, 6.45) is 11.5. The van der Waals surface area contributed by atoms with E-state index >= 15 is 0 Å². The Bertz CT molecular complexity index is 849. The van der Waals surface area contributed by atoms with E-state index in [4.69, 9.17) is 0 Å². The van der Waals surface area contributed by atoms with Gasteiger partial charge < -0.3 is 10.6 Å². The van der Waals surface area contributed by atoms with Gasteiger partial charge in [0.15, 0.2) is 0 Å². The van der Waals surface area contributed by atoms with E-state index < -0.39 is 0 Å². The second-order valence-electron chi connectivity index (χ2n) is 10.3. The first-order valence-electron chi connectivity index (χ1n) is 12.2. The van der Waals surface area contributed by atoms with Crippen LogP contribution in [0, 0.1) is 18.3 Å². The summed E-state index contributed by atoms with van der Waals surface area (Å²) in [4.78, 5) is 11.5. The average Bonchev–Trinajstić information content (AvgIpc) is 2.72. The predicted molar refractivity (Wildman–Crippen MR) is 131 cm³/mol. The number of benzene rings is 1. The van der Waals surface area contributed by atoms with Gasteiger partial charge >= 0.3 is 0 Å². The van der Waals surface area contributed by atoms with Crippen LogP contribution in [0.25, 0.3) is 0 Å². The summed E-state index contributed by atoms with van der Waals surface area (Å²) in [7, 11) is 1.68. The third kappa shape index (κ3) is 5.42. The van der Waals surface area contributed by atoms with E-state index in [0.29, 0.717) is 30.2 Å². The minimum absolute atomic E-state index is 0.0614. The fourth-order valence-corrected chi connectivity index (χ4v) is 5.81. The maximum atomic E-state index is 11.5. The SMILES string of the molecule is C=C(NCCC(=O)NC)C1=CC2c3c(C)cc(CCCCC)cc3CC(C)(C)C2CC1. The van der Waals surface area contributed by atoms with E-state index in [2.05, 4.69) is 63.1 Å². The minimum Gasteiger partial charge on any atom is -0.385 e. The number of aryl methyl sites for hydroxylation is 2. The van der Waals surface area contributed by atoms with Crippen molar-refractivity contribution in [3.05, 3.63) is 58.3 Å². The largest absolute Gasteiger partial charge is 0.385 e. The van der Waals surface area contributed by atoms with Gasteiger partial charge in [-0.25, -0.2) is 0 Å². The highest BCUT2D eigenvalue weighted by Gasteiger charge is 2.43. The van der Waals surface area contributed by atoms with Crippen LogP contribution in [0.4, 0.5) is 0 Å². The average molecular weight is 423 g/mol. The Morgan fingerprint density at radius 3 is 2.74 bits per heavy atom. The number of hydrogen-bond acceptors (Lipinski definition) is 2. The number of rotatable bonds is 9. The molecule has 0 spiro atoms. The van der Waals surface area contributed by atoms with Crippen LogP contribution < -0.4 is 10.6 Å². The Morgan fingerprint density at radius 2 is 2.03 bits per heavy atom. The molecule has 0 bridgehead atoms. The van der Waals surface area contributed by atoms with Crippen molar-refractivity contribution in [2.75, 3.05) is 13.6 Å². The molecule has 0 aromatic heterocycles. The lowest BCUT2D eigenvalue weighted by atomic mass is 9.57. The van der Waals surface area contributed by atoms with Gasteiger partial charge in [0.05, 0.1) is 0 Å². The van der Waals surface area contributed by atoms with Crippen LogP contribution in [0.1, 0.15) is 87.5 Å². The van der Waals surface area contributed by atoms with Crippen LogP contribution in [-0.4, -0.2) is 19.5 Å². The molecule has 0 fully saturated rings. The topological polar surface area (TPSA) is 41.1 Å². The number of nitrogens with one attached hydrogen (secondary N) is 2. The quantitative estimate of drug-likeness (QED) is 0.481. The second-order valence-corrected chi connectivity index (χ2v) is 10.3. The van der Waals surface area contributed by atoms with Gasteiger partial charge in [-0.1, -0.05) is 58.4 Å². The van der Waals surface area contributed by atoms with Crippen molar-refractivity contribution in [1.29, 1.82) is 0 Å². The van der Waals surface area contributed by atoms with Crippen LogP contribution in [0.15, 0.2) is 36.1 Å². The molecule has 3 rings (SSSR count). The zero-order valence-electron chi connectivity index (χ0n) is 20.4. The molecular formula is C28H42N2O. The number of allylic oxidation sites excluding steroid dienone is 2. The Labute approximate surface area is 189 Å². The Kier molecular flexibility index (Phi) is 7.67. The van der Waals surface area contributed by atoms with Crippen molar-refractivity contribution in [1.82, 2.24) is 10.6 Å². The van der Waals surface area contributed by atoms with Gasteiger partial charge in [0.2, 0.25) is 5.91 Å². The molecule has 1 aromatic carbocycles. The lowest BCUT2D eigenvalue weighted by molar-refractivity contribution is -0.120. The van der Waals surface area contributed by atoms with Gasteiger partial charge in [-0.3, -0.25) is 4.79 Å². The molecule has 31 heavy (non-hydrogen) atoms. The molecule has 2 N–H and O–H groups in total. The standard InChI is InChI=1S/C28H42N2O/c1-7-8-9-10-21-15-19(2)27-23(16-21)18-28(4,5)25-12-11-22(17-24(25)27)20(3)30-14-13-26(31)29-6/h15-17,24-25,30H,3,7-14,18H2,1-2,4-6H3,(H,29,31). The second kappa shape index (κ2) is 10.1. The van der Waals surface area contributed by atoms with Gasteiger partial charge in [-0.15, -0.1) is 0 Å². The first-order chi connectivity index (χ1) is 14.8. The summed E-state index contributed by atoms with van der Waals surface area (Å²) in [5, 5.41) is 6.07. The van der Waals surface area contributed by atoms with Gasteiger partial charge in [0.25, 0.3) is 0 Å². The lowest BCUT2D eigenvalue weighted by Crippen LogP contribution is -2.38. The molecule has 0 saturated carbocycles. The van der Waals surface area contributed by atoms with Crippen LogP contribution in [0.2, 0.25) is 0 Å². The van der Waals surface area contributed by atoms with E-state index in [1.807, 2.05) is 0 Å². The third-order valence-electron chi connectivity index (χ3n) is 7.48. The highest BCUT2D eigenvalue weighted by molar-refractivity contribution is 5.75. The molecule has 2 atom stereocenters. The van der Waals surface area contributed by atoms with Crippen LogP contribution in [-0.2, 0) is 17.6 Å². The summed E-state index contributed by atoms with van der Waals surface area (Å²) in [5.74, 6) is 1.20. The molecule has 1 amide bonds. The summed E-state index contributed by atoms with van der Waals surface area (Å²) < 4.78 is 0. The first-order valence-corrected chi connectivity index (χ1v) is 12.2. The number of amides is 1. The van der Waals surface area contributed by atoms with Crippen molar-refractivity contribution in [2.24, 2.45) is 11.3 Å². The monoisotopic (exact) mass is 422 g/mol.